The van der Waals surface area contributed by atoms with E-state index in [0.29, 0.717) is 35.8 Å². The zero-order valence-corrected chi connectivity index (χ0v) is 16.2. The van der Waals surface area contributed by atoms with Gasteiger partial charge in [0, 0.05) is 24.2 Å². The molecule has 0 aliphatic rings. The van der Waals surface area contributed by atoms with E-state index in [4.69, 9.17) is 14.5 Å². The Labute approximate surface area is 165 Å². The highest BCUT2D eigenvalue weighted by Crippen LogP contribution is 2.32. The maximum atomic E-state index is 5.66. The van der Waals surface area contributed by atoms with Crippen LogP contribution in [0.1, 0.15) is 13.8 Å². The Morgan fingerprint density at radius 3 is 2.68 bits per heavy atom. The van der Waals surface area contributed by atoms with Crippen molar-refractivity contribution in [3.63, 3.8) is 0 Å². The van der Waals surface area contributed by atoms with E-state index in [-0.39, 0.29) is 0 Å². The van der Waals surface area contributed by atoms with Gasteiger partial charge in [0.1, 0.15) is 10.3 Å². The van der Waals surface area contributed by atoms with E-state index >= 15 is 0 Å². The molecule has 0 radical (unpaired) electrons. The molecule has 0 bridgehead atoms. The molecule has 4 aromatic rings. The van der Waals surface area contributed by atoms with Gasteiger partial charge in [-0.2, -0.15) is 0 Å². The fraction of sp³-hybridized carbons (Fsp3) is 0.211. The van der Waals surface area contributed by atoms with Crippen molar-refractivity contribution < 1.29 is 9.47 Å². The Bertz CT molecular complexity index is 1090. The second kappa shape index (κ2) is 8.13. The molecule has 142 valence electrons. The van der Waals surface area contributed by atoms with Crippen LogP contribution >= 0.6 is 11.3 Å². The van der Waals surface area contributed by atoms with Crippen molar-refractivity contribution in [1.82, 2.24) is 24.9 Å². The lowest BCUT2D eigenvalue weighted by Crippen LogP contribution is -2.01. The van der Waals surface area contributed by atoms with Crippen LogP contribution in [0.25, 0.3) is 21.6 Å². The first-order chi connectivity index (χ1) is 13.8. The molecule has 28 heavy (non-hydrogen) atoms. The van der Waals surface area contributed by atoms with Crippen molar-refractivity contribution in [2.45, 2.75) is 13.8 Å². The van der Waals surface area contributed by atoms with Gasteiger partial charge in [0.15, 0.2) is 16.7 Å². The van der Waals surface area contributed by atoms with Gasteiger partial charge in [-0.15, -0.1) is 0 Å². The largest absolute Gasteiger partial charge is 0.488 e. The third-order valence-corrected chi connectivity index (χ3v) is 4.63. The molecule has 4 rings (SSSR count). The van der Waals surface area contributed by atoms with Crippen molar-refractivity contribution in [2.24, 2.45) is 0 Å². The number of aromatic nitrogens is 5. The predicted molar refractivity (Wildman–Crippen MR) is 108 cm³/mol. The Morgan fingerprint density at radius 1 is 1.00 bits per heavy atom. The zero-order chi connectivity index (χ0) is 19.3. The van der Waals surface area contributed by atoms with Crippen LogP contribution in [0, 0.1) is 0 Å². The molecule has 0 fully saturated rings. The van der Waals surface area contributed by atoms with Crippen molar-refractivity contribution >= 4 is 32.6 Å². The molecular formula is C19H18N6O2S. The third-order valence-electron chi connectivity index (χ3n) is 3.75. The van der Waals surface area contributed by atoms with E-state index in [2.05, 4.69) is 25.3 Å². The maximum Gasteiger partial charge on any atom is 0.257 e. The van der Waals surface area contributed by atoms with E-state index in [1.807, 2.05) is 32.0 Å². The van der Waals surface area contributed by atoms with Crippen LogP contribution in [0.4, 0.5) is 10.9 Å². The van der Waals surface area contributed by atoms with Gasteiger partial charge in [0.25, 0.3) is 5.88 Å². The predicted octanol–water partition coefficient (Wildman–Crippen LogP) is 4.08. The number of rotatable bonds is 7. The summed E-state index contributed by atoms with van der Waals surface area (Å²) in [7, 11) is 0. The smallest absolute Gasteiger partial charge is 0.257 e. The second-order valence-electron chi connectivity index (χ2n) is 5.65. The first-order valence-electron chi connectivity index (χ1n) is 8.83. The average molecular weight is 394 g/mol. The van der Waals surface area contributed by atoms with Crippen molar-refractivity contribution in [1.29, 1.82) is 0 Å². The fourth-order valence-electron chi connectivity index (χ4n) is 2.58. The highest BCUT2D eigenvalue weighted by atomic mass is 32.1. The minimum atomic E-state index is 0.488. The van der Waals surface area contributed by atoms with Crippen LogP contribution in [0.5, 0.6) is 11.6 Å². The summed E-state index contributed by atoms with van der Waals surface area (Å²) in [6.07, 6.45) is 6.63. The number of fused-ring (bicyclic) bond motifs is 1. The van der Waals surface area contributed by atoms with Crippen LogP contribution in [0.3, 0.4) is 0 Å². The van der Waals surface area contributed by atoms with E-state index in [0.717, 1.165) is 21.6 Å². The highest BCUT2D eigenvalue weighted by molar-refractivity contribution is 7.21. The molecule has 0 spiro atoms. The number of nitrogens with one attached hydrogen (secondary N) is 1. The molecule has 0 saturated heterocycles. The number of nitrogens with zero attached hydrogens (tertiary/aromatic N) is 5. The fourth-order valence-corrected chi connectivity index (χ4v) is 3.43. The highest BCUT2D eigenvalue weighted by Gasteiger charge is 2.12. The number of ether oxygens (including phenoxy) is 2. The summed E-state index contributed by atoms with van der Waals surface area (Å²) in [6.45, 7) is 4.90. The average Bonchev–Trinajstić information content (AvgIpc) is 3.12. The molecule has 0 atom stereocenters. The summed E-state index contributed by atoms with van der Waals surface area (Å²) >= 11 is 1.45. The minimum absolute atomic E-state index is 0.488. The number of pyridine rings is 2. The van der Waals surface area contributed by atoms with E-state index in [1.54, 1.807) is 24.8 Å². The molecule has 0 aliphatic carbocycles. The standard InChI is InChI=1S/C19H18N6O2S/c1-3-26-15-9-12(10-22-17(15)27-4-2)13-5-6-14-18(23-13)28-19(24-14)25-16-11-20-7-8-21-16/h5-11H,3-4H2,1-2H3,(H,21,24,25). The molecule has 4 aromatic heterocycles. The summed E-state index contributed by atoms with van der Waals surface area (Å²) in [6, 6.07) is 5.75. The summed E-state index contributed by atoms with van der Waals surface area (Å²) < 4.78 is 11.2. The lowest BCUT2D eigenvalue weighted by Gasteiger charge is -2.11. The summed E-state index contributed by atoms with van der Waals surface area (Å²) in [5.74, 6) is 1.74. The van der Waals surface area contributed by atoms with Gasteiger partial charge in [-0.25, -0.2) is 19.9 Å². The van der Waals surface area contributed by atoms with E-state index < -0.39 is 0 Å². The molecule has 0 saturated carbocycles. The molecule has 9 heteroatoms. The quantitative estimate of drug-likeness (QED) is 0.501. The maximum absolute atomic E-state index is 5.66. The van der Waals surface area contributed by atoms with E-state index in [1.165, 1.54) is 11.3 Å². The molecule has 8 nitrogen and oxygen atoms in total. The lowest BCUT2D eigenvalue weighted by atomic mass is 10.2. The normalized spacial score (nSPS) is 10.8. The number of anilines is 2. The Balaban J connectivity index is 1.65. The summed E-state index contributed by atoms with van der Waals surface area (Å²) in [5, 5.41) is 3.85. The lowest BCUT2D eigenvalue weighted by molar-refractivity contribution is 0.278. The number of hydrogen-bond acceptors (Lipinski definition) is 9. The zero-order valence-electron chi connectivity index (χ0n) is 15.4. The van der Waals surface area contributed by atoms with Crippen LogP contribution < -0.4 is 14.8 Å². The molecule has 0 aromatic carbocycles. The van der Waals surface area contributed by atoms with Crippen molar-refractivity contribution in [3.05, 3.63) is 43.0 Å². The molecule has 0 amide bonds. The summed E-state index contributed by atoms with van der Waals surface area (Å²) in [5.41, 5.74) is 2.45. The van der Waals surface area contributed by atoms with Crippen LogP contribution in [0.15, 0.2) is 43.0 Å². The second-order valence-corrected chi connectivity index (χ2v) is 6.63. The SMILES string of the molecule is CCOc1cc(-c2ccc3nc(Nc4cnccn4)sc3n2)cnc1OCC. The van der Waals surface area contributed by atoms with Gasteiger partial charge >= 0.3 is 0 Å². The Hall–Kier alpha value is -3.33. The van der Waals surface area contributed by atoms with Gasteiger partial charge in [0.05, 0.1) is 25.1 Å². The van der Waals surface area contributed by atoms with Gasteiger partial charge in [-0.05, 0) is 32.0 Å². The topological polar surface area (TPSA) is 94.9 Å². The summed E-state index contributed by atoms with van der Waals surface area (Å²) in [4.78, 5) is 22.7. The Morgan fingerprint density at radius 2 is 1.89 bits per heavy atom. The van der Waals surface area contributed by atoms with Crippen LogP contribution in [0.2, 0.25) is 0 Å². The monoisotopic (exact) mass is 394 g/mol. The van der Waals surface area contributed by atoms with Crippen molar-refractivity contribution in [3.8, 4) is 22.9 Å². The van der Waals surface area contributed by atoms with E-state index in [9.17, 15) is 0 Å². The third kappa shape index (κ3) is 3.84. The van der Waals surface area contributed by atoms with Crippen LogP contribution in [-0.2, 0) is 0 Å². The Kier molecular flexibility index (Phi) is 5.24. The molecule has 1 N–H and O–H groups in total. The minimum Gasteiger partial charge on any atom is -0.488 e. The molecule has 0 aliphatic heterocycles. The van der Waals surface area contributed by atoms with Gasteiger partial charge in [-0.1, -0.05) is 11.3 Å². The van der Waals surface area contributed by atoms with Crippen molar-refractivity contribution in [2.75, 3.05) is 18.5 Å². The first kappa shape index (κ1) is 18.1. The van der Waals surface area contributed by atoms with Gasteiger partial charge in [0.2, 0.25) is 0 Å². The van der Waals surface area contributed by atoms with Gasteiger partial charge in [-0.3, -0.25) is 4.98 Å². The van der Waals surface area contributed by atoms with Crippen LogP contribution in [-0.4, -0.2) is 38.1 Å². The first-order valence-corrected chi connectivity index (χ1v) is 9.65. The molecular weight excluding hydrogens is 376 g/mol. The number of hydrogen-bond donors (Lipinski definition) is 1. The molecule has 0 unspecified atom stereocenters. The van der Waals surface area contributed by atoms with Gasteiger partial charge < -0.3 is 14.8 Å². The molecule has 4 heterocycles. The number of thiazole rings is 1.